The summed E-state index contributed by atoms with van der Waals surface area (Å²) in [6, 6.07) is 6.12. The summed E-state index contributed by atoms with van der Waals surface area (Å²) in [5, 5.41) is 2.94. The van der Waals surface area contributed by atoms with Crippen molar-refractivity contribution < 1.29 is 9.59 Å². The lowest BCUT2D eigenvalue weighted by atomic mass is 9.91. The Hall–Kier alpha value is -1.84. The molecular weight excluding hydrogens is 300 g/mol. The van der Waals surface area contributed by atoms with Gasteiger partial charge in [0.05, 0.1) is 5.69 Å². The van der Waals surface area contributed by atoms with Crippen molar-refractivity contribution >= 4 is 17.5 Å². The largest absolute Gasteiger partial charge is 0.350 e. The van der Waals surface area contributed by atoms with Crippen molar-refractivity contribution in [2.75, 3.05) is 11.4 Å². The summed E-state index contributed by atoms with van der Waals surface area (Å²) >= 11 is 0. The van der Waals surface area contributed by atoms with E-state index in [0.29, 0.717) is 0 Å². The molecular formula is C20H32N2O2. The zero-order valence-electron chi connectivity index (χ0n) is 16.4. The van der Waals surface area contributed by atoms with Crippen LogP contribution in [0.4, 0.5) is 5.69 Å². The molecule has 4 nitrogen and oxygen atoms in total. The molecule has 24 heavy (non-hydrogen) atoms. The summed E-state index contributed by atoms with van der Waals surface area (Å²) in [6.45, 7) is 15.8. The first kappa shape index (κ1) is 20.2. The third-order valence-electron chi connectivity index (χ3n) is 3.81. The molecule has 0 aliphatic rings. The summed E-state index contributed by atoms with van der Waals surface area (Å²) in [7, 11) is 0. The van der Waals surface area contributed by atoms with Crippen LogP contribution in [0.2, 0.25) is 0 Å². The SMILES string of the molecule is CC(=O)N(CC(=O)NC(C)(C)C)c1c(C(C)C)cccc1C(C)C. The number of hydrogen-bond donors (Lipinski definition) is 1. The van der Waals surface area contributed by atoms with Gasteiger partial charge in [-0.3, -0.25) is 9.59 Å². The monoisotopic (exact) mass is 332 g/mol. The van der Waals surface area contributed by atoms with E-state index in [-0.39, 0.29) is 35.7 Å². The third-order valence-corrected chi connectivity index (χ3v) is 3.81. The Bertz CT molecular complexity index is 572. The zero-order valence-corrected chi connectivity index (χ0v) is 16.4. The van der Waals surface area contributed by atoms with Gasteiger partial charge in [0.1, 0.15) is 6.54 Å². The number of carbonyl (C=O) groups is 2. The Morgan fingerprint density at radius 2 is 1.50 bits per heavy atom. The highest BCUT2D eigenvalue weighted by atomic mass is 16.2. The second-order valence-corrected chi connectivity index (χ2v) is 8.00. The summed E-state index contributed by atoms with van der Waals surface area (Å²) in [6.07, 6.45) is 0. The van der Waals surface area contributed by atoms with Crippen LogP contribution in [-0.2, 0) is 9.59 Å². The number of benzene rings is 1. The molecule has 0 bridgehead atoms. The standard InChI is InChI=1S/C20H32N2O2/c1-13(2)16-10-9-11-17(14(3)4)19(16)22(15(5)23)12-18(24)21-20(6,7)8/h9-11,13-14H,12H2,1-8H3,(H,21,24). The summed E-state index contributed by atoms with van der Waals surface area (Å²) in [5.41, 5.74) is 2.76. The number of para-hydroxylation sites is 1. The molecule has 2 amide bonds. The van der Waals surface area contributed by atoms with Gasteiger partial charge < -0.3 is 10.2 Å². The topological polar surface area (TPSA) is 49.4 Å². The number of nitrogens with zero attached hydrogens (tertiary/aromatic N) is 1. The van der Waals surface area contributed by atoms with Gasteiger partial charge in [-0.05, 0) is 43.7 Å². The molecule has 0 saturated carbocycles. The molecule has 0 heterocycles. The number of rotatable bonds is 5. The van der Waals surface area contributed by atoms with Gasteiger partial charge in [-0.25, -0.2) is 0 Å². The van der Waals surface area contributed by atoms with Crippen LogP contribution >= 0.6 is 0 Å². The van der Waals surface area contributed by atoms with E-state index >= 15 is 0 Å². The van der Waals surface area contributed by atoms with Crippen LogP contribution in [0.25, 0.3) is 0 Å². The van der Waals surface area contributed by atoms with E-state index in [1.165, 1.54) is 6.92 Å². The Kier molecular flexibility index (Phi) is 6.58. The van der Waals surface area contributed by atoms with E-state index in [1.54, 1.807) is 4.90 Å². The number of carbonyl (C=O) groups excluding carboxylic acids is 2. The lowest BCUT2D eigenvalue weighted by Gasteiger charge is -2.30. The average Bonchev–Trinajstić information content (AvgIpc) is 2.41. The van der Waals surface area contributed by atoms with Gasteiger partial charge in [-0.15, -0.1) is 0 Å². The molecule has 0 radical (unpaired) electrons. The molecule has 1 N–H and O–H groups in total. The normalized spacial score (nSPS) is 11.8. The van der Waals surface area contributed by atoms with E-state index in [2.05, 4.69) is 33.0 Å². The van der Waals surface area contributed by atoms with Crippen LogP contribution in [0.3, 0.4) is 0 Å². The highest BCUT2D eigenvalue weighted by Crippen LogP contribution is 2.35. The molecule has 0 fully saturated rings. The lowest BCUT2D eigenvalue weighted by molar-refractivity contribution is -0.124. The second-order valence-electron chi connectivity index (χ2n) is 8.00. The van der Waals surface area contributed by atoms with Crippen LogP contribution in [0.15, 0.2) is 18.2 Å². The smallest absolute Gasteiger partial charge is 0.240 e. The summed E-state index contributed by atoms with van der Waals surface area (Å²) < 4.78 is 0. The fourth-order valence-corrected chi connectivity index (χ4v) is 2.77. The molecule has 1 aromatic rings. The predicted molar refractivity (Wildman–Crippen MR) is 101 cm³/mol. The minimum absolute atomic E-state index is 0.0378. The molecule has 134 valence electrons. The van der Waals surface area contributed by atoms with Gasteiger partial charge in [-0.1, -0.05) is 45.9 Å². The van der Waals surface area contributed by atoms with Crippen molar-refractivity contribution in [2.24, 2.45) is 0 Å². The minimum atomic E-state index is -0.321. The molecule has 0 saturated heterocycles. The van der Waals surface area contributed by atoms with E-state index in [4.69, 9.17) is 0 Å². The quantitative estimate of drug-likeness (QED) is 0.878. The van der Waals surface area contributed by atoms with Crippen molar-refractivity contribution in [1.29, 1.82) is 0 Å². The molecule has 0 unspecified atom stereocenters. The lowest BCUT2D eigenvalue weighted by Crippen LogP contribution is -2.47. The molecule has 0 aliphatic carbocycles. The molecule has 0 aliphatic heterocycles. The van der Waals surface area contributed by atoms with Crippen LogP contribution in [0.5, 0.6) is 0 Å². The van der Waals surface area contributed by atoms with Crippen LogP contribution in [0, 0.1) is 0 Å². The molecule has 0 atom stereocenters. The second kappa shape index (κ2) is 7.82. The maximum absolute atomic E-state index is 12.4. The third kappa shape index (κ3) is 5.36. The van der Waals surface area contributed by atoms with Crippen molar-refractivity contribution in [3.8, 4) is 0 Å². The fraction of sp³-hybridized carbons (Fsp3) is 0.600. The highest BCUT2D eigenvalue weighted by molar-refractivity contribution is 5.99. The average molecular weight is 332 g/mol. The van der Waals surface area contributed by atoms with E-state index in [1.807, 2.05) is 39.0 Å². The van der Waals surface area contributed by atoms with Crippen molar-refractivity contribution in [3.05, 3.63) is 29.3 Å². The molecule has 0 spiro atoms. The Labute approximate surface area is 146 Å². The van der Waals surface area contributed by atoms with Gasteiger partial charge in [0.15, 0.2) is 0 Å². The first-order valence-corrected chi connectivity index (χ1v) is 8.66. The van der Waals surface area contributed by atoms with Crippen molar-refractivity contribution in [2.45, 2.75) is 72.8 Å². The summed E-state index contributed by atoms with van der Waals surface area (Å²) in [4.78, 5) is 26.4. The van der Waals surface area contributed by atoms with Crippen LogP contribution in [0.1, 0.15) is 78.4 Å². The molecule has 1 rings (SSSR count). The Balaban J connectivity index is 3.35. The van der Waals surface area contributed by atoms with E-state index in [0.717, 1.165) is 16.8 Å². The Morgan fingerprint density at radius 3 is 1.83 bits per heavy atom. The van der Waals surface area contributed by atoms with Gasteiger partial charge in [0, 0.05) is 12.5 Å². The highest BCUT2D eigenvalue weighted by Gasteiger charge is 2.25. The van der Waals surface area contributed by atoms with E-state index < -0.39 is 0 Å². The van der Waals surface area contributed by atoms with Crippen molar-refractivity contribution in [3.63, 3.8) is 0 Å². The van der Waals surface area contributed by atoms with Gasteiger partial charge >= 0.3 is 0 Å². The van der Waals surface area contributed by atoms with Gasteiger partial charge in [0.2, 0.25) is 11.8 Å². The first-order chi connectivity index (χ1) is 10.9. The zero-order chi connectivity index (χ0) is 18.7. The fourth-order valence-electron chi connectivity index (χ4n) is 2.77. The number of hydrogen-bond acceptors (Lipinski definition) is 2. The van der Waals surface area contributed by atoms with E-state index in [9.17, 15) is 9.59 Å². The van der Waals surface area contributed by atoms with Gasteiger partial charge in [0.25, 0.3) is 0 Å². The van der Waals surface area contributed by atoms with Crippen LogP contribution < -0.4 is 10.2 Å². The maximum Gasteiger partial charge on any atom is 0.240 e. The molecule has 4 heteroatoms. The summed E-state index contributed by atoms with van der Waals surface area (Å²) in [5.74, 6) is 0.275. The molecule has 0 aromatic heterocycles. The first-order valence-electron chi connectivity index (χ1n) is 8.66. The van der Waals surface area contributed by atoms with Crippen LogP contribution in [-0.4, -0.2) is 23.9 Å². The number of amides is 2. The molecule has 1 aromatic carbocycles. The van der Waals surface area contributed by atoms with Gasteiger partial charge in [-0.2, -0.15) is 0 Å². The number of anilines is 1. The Morgan fingerprint density at radius 1 is 1.04 bits per heavy atom. The maximum atomic E-state index is 12.4. The minimum Gasteiger partial charge on any atom is -0.350 e. The van der Waals surface area contributed by atoms with Crippen molar-refractivity contribution in [1.82, 2.24) is 5.32 Å². The predicted octanol–water partition coefficient (Wildman–Crippen LogP) is 4.20. The number of nitrogens with one attached hydrogen (secondary N) is 1.